The lowest BCUT2D eigenvalue weighted by molar-refractivity contribution is -0.127. The molecule has 6 heteroatoms. The van der Waals surface area contributed by atoms with Crippen LogP contribution in [-0.2, 0) is 11.3 Å². The van der Waals surface area contributed by atoms with Gasteiger partial charge >= 0.3 is 5.97 Å². The van der Waals surface area contributed by atoms with E-state index in [4.69, 9.17) is 5.11 Å². The summed E-state index contributed by atoms with van der Waals surface area (Å²) in [5, 5.41) is 12.0. The van der Waals surface area contributed by atoms with Crippen LogP contribution in [0.1, 0.15) is 27.5 Å². The highest BCUT2D eigenvalue weighted by Crippen LogP contribution is 2.22. The number of carbonyl (C=O) groups is 2. The average molecular weight is 367 g/mol. The van der Waals surface area contributed by atoms with Crippen LogP contribution in [-0.4, -0.2) is 60.0 Å². The predicted molar refractivity (Wildman–Crippen MR) is 104 cm³/mol. The van der Waals surface area contributed by atoms with E-state index in [0.717, 1.165) is 37.3 Å². The molecule has 6 nitrogen and oxygen atoms in total. The first-order valence-electron chi connectivity index (χ1n) is 9.12. The maximum atomic E-state index is 13.0. The molecule has 1 amide bonds. The monoisotopic (exact) mass is 367 g/mol. The SMILES string of the molecule is CN1CCN(C(C(=O)NCc2ccc(C(=O)O)cc2)c2ccccc2)CC1. The van der Waals surface area contributed by atoms with Gasteiger partial charge in [-0.2, -0.15) is 0 Å². The number of benzene rings is 2. The van der Waals surface area contributed by atoms with E-state index < -0.39 is 5.97 Å². The molecule has 2 aromatic carbocycles. The maximum absolute atomic E-state index is 13.0. The van der Waals surface area contributed by atoms with Crippen molar-refractivity contribution < 1.29 is 14.7 Å². The van der Waals surface area contributed by atoms with Crippen molar-refractivity contribution in [2.24, 2.45) is 0 Å². The summed E-state index contributed by atoms with van der Waals surface area (Å²) in [4.78, 5) is 28.4. The topological polar surface area (TPSA) is 72.9 Å². The minimum atomic E-state index is -0.954. The number of carboxylic acid groups (broad SMARTS) is 1. The van der Waals surface area contributed by atoms with Crippen molar-refractivity contribution in [3.8, 4) is 0 Å². The van der Waals surface area contributed by atoms with Gasteiger partial charge in [0.25, 0.3) is 0 Å². The number of nitrogens with zero attached hydrogens (tertiary/aromatic N) is 2. The number of amides is 1. The van der Waals surface area contributed by atoms with E-state index in [1.165, 1.54) is 0 Å². The third-order valence-corrected chi connectivity index (χ3v) is 4.93. The number of aromatic carboxylic acids is 1. The summed E-state index contributed by atoms with van der Waals surface area (Å²) >= 11 is 0. The molecule has 1 fully saturated rings. The standard InChI is InChI=1S/C21H25N3O3/c1-23-11-13-24(14-12-23)19(17-5-3-2-4-6-17)20(25)22-15-16-7-9-18(10-8-16)21(26)27/h2-10,19H,11-15H2,1H3,(H,22,25)(H,26,27). The van der Waals surface area contributed by atoms with Crippen LogP contribution < -0.4 is 5.32 Å². The van der Waals surface area contributed by atoms with Crippen LogP contribution in [0.5, 0.6) is 0 Å². The minimum Gasteiger partial charge on any atom is -0.478 e. The zero-order chi connectivity index (χ0) is 19.2. The second-order valence-electron chi connectivity index (χ2n) is 6.87. The van der Waals surface area contributed by atoms with Gasteiger partial charge in [0.2, 0.25) is 5.91 Å². The molecule has 2 aromatic rings. The predicted octanol–water partition coefficient (Wildman–Crippen LogP) is 1.99. The van der Waals surface area contributed by atoms with Gasteiger partial charge in [-0.15, -0.1) is 0 Å². The molecule has 1 aliphatic rings. The second kappa shape index (κ2) is 8.79. The van der Waals surface area contributed by atoms with Gasteiger partial charge in [-0.25, -0.2) is 4.79 Å². The number of nitrogens with one attached hydrogen (secondary N) is 1. The molecule has 1 heterocycles. The first-order valence-corrected chi connectivity index (χ1v) is 9.12. The van der Waals surface area contributed by atoms with E-state index in [9.17, 15) is 9.59 Å². The highest BCUT2D eigenvalue weighted by molar-refractivity contribution is 5.87. The van der Waals surface area contributed by atoms with Crippen molar-refractivity contribution in [3.63, 3.8) is 0 Å². The Morgan fingerprint density at radius 1 is 1.00 bits per heavy atom. The first-order chi connectivity index (χ1) is 13.0. The molecule has 1 aliphatic heterocycles. The lowest BCUT2D eigenvalue weighted by Crippen LogP contribution is -2.49. The van der Waals surface area contributed by atoms with Crippen LogP contribution in [0.25, 0.3) is 0 Å². The quantitative estimate of drug-likeness (QED) is 0.817. The molecule has 142 valence electrons. The smallest absolute Gasteiger partial charge is 0.335 e. The fourth-order valence-corrected chi connectivity index (χ4v) is 3.29. The van der Waals surface area contributed by atoms with Crippen LogP contribution in [0.4, 0.5) is 0 Å². The van der Waals surface area contributed by atoms with Crippen LogP contribution in [0, 0.1) is 0 Å². The Hall–Kier alpha value is -2.70. The van der Waals surface area contributed by atoms with Crippen LogP contribution in [0.2, 0.25) is 0 Å². The number of piperazine rings is 1. The molecule has 3 rings (SSSR count). The largest absolute Gasteiger partial charge is 0.478 e. The van der Waals surface area contributed by atoms with E-state index in [2.05, 4.69) is 22.2 Å². The third-order valence-electron chi connectivity index (χ3n) is 4.93. The van der Waals surface area contributed by atoms with Crippen molar-refractivity contribution >= 4 is 11.9 Å². The summed E-state index contributed by atoms with van der Waals surface area (Å²) < 4.78 is 0. The molecule has 1 unspecified atom stereocenters. The van der Waals surface area contributed by atoms with Gasteiger partial charge in [-0.05, 0) is 30.3 Å². The van der Waals surface area contributed by atoms with Crippen molar-refractivity contribution in [3.05, 3.63) is 71.3 Å². The lowest BCUT2D eigenvalue weighted by Gasteiger charge is -2.37. The zero-order valence-electron chi connectivity index (χ0n) is 15.5. The fraction of sp³-hybridized carbons (Fsp3) is 0.333. The number of carboxylic acids is 1. The summed E-state index contributed by atoms with van der Waals surface area (Å²) in [7, 11) is 2.09. The summed E-state index contributed by atoms with van der Waals surface area (Å²) in [5.41, 5.74) is 2.10. The van der Waals surface area contributed by atoms with E-state index in [1.54, 1.807) is 24.3 Å². The Bertz CT molecular complexity index is 769. The van der Waals surface area contributed by atoms with Crippen LogP contribution >= 0.6 is 0 Å². The summed E-state index contributed by atoms with van der Waals surface area (Å²) in [6.45, 7) is 3.93. The van der Waals surface area contributed by atoms with Crippen LogP contribution in [0.3, 0.4) is 0 Å². The third kappa shape index (κ3) is 4.93. The Labute approximate surface area is 159 Å². The molecule has 0 spiro atoms. The minimum absolute atomic E-state index is 0.0342. The van der Waals surface area contributed by atoms with Crippen molar-refractivity contribution in [1.82, 2.24) is 15.1 Å². The van der Waals surface area contributed by atoms with Gasteiger partial charge in [-0.3, -0.25) is 9.69 Å². The number of carbonyl (C=O) groups excluding carboxylic acids is 1. The van der Waals surface area contributed by atoms with Gasteiger partial charge in [0.15, 0.2) is 0 Å². The lowest BCUT2D eigenvalue weighted by atomic mass is 10.0. The van der Waals surface area contributed by atoms with Crippen molar-refractivity contribution in [2.45, 2.75) is 12.6 Å². The Morgan fingerprint density at radius 3 is 2.22 bits per heavy atom. The molecule has 0 aromatic heterocycles. The molecular formula is C21H25N3O3. The normalized spacial score (nSPS) is 16.6. The van der Waals surface area contributed by atoms with Gasteiger partial charge in [-0.1, -0.05) is 42.5 Å². The van der Waals surface area contributed by atoms with E-state index in [-0.39, 0.29) is 17.5 Å². The number of hydrogen-bond donors (Lipinski definition) is 2. The Morgan fingerprint density at radius 2 is 1.63 bits per heavy atom. The first kappa shape index (κ1) is 19.1. The molecule has 0 saturated carbocycles. The molecule has 27 heavy (non-hydrogen) atoms. The maximum Gasteiger partial charge on any atom is 0.335 e. The Balaban J connectivity index is 1.70. The van der Waals surface area contributed by atoms with Gasteiger partial charge < -0.3 is 15.3 Å². The highest BCUT2D eigenvalue weighted by Gasteiger charge is 2.29. The molecule has 1 atom stereocenters. The van der Waals surface area contributed by atoms with Gasteiger partial charge in [0.1, 0.15) is 6.04 Å². The van der Waals surface area contributed by atoms with E-state index >= 15 is 0 Å². The van der Waals surface area contributed by atoms with Crippen molar-refractivity contribution in [2.75, 3.05) is 33.2 Å². The molecule has 1 saturated heterocycles. The summed E-state index contributed by atoms with van der Waals surface area (Å²) in [6.07, 6.45) is 0. The van der Waals surface area contributed by atoms with Crippen molar-refractivity contribution in [1.29, 1.82) is 0 Å². The number of rotatable bonds is 6. The highest BCUT2D eigenvalue weighted by atomic mass is 16.4. The molecule has 0 radical (unpaired) electrons. The number of hydrogen-bond acceptors (Lipinski definition) is 4. The van der Waals surface area contributed by atoms with Crippen LogP contribution in [0.15, 0.2) is 54.6 Å². The average Bonchev–Trinajstić information content (AvgIpc) is 2.69. The number of likely N-dealkylation sites (N-methyl/N-ethyl adjacent to an activating group) is 1. The second-order valence-corrected chi connectivity index (χ2v) is 6.87. The Kier molecular flexibility index (Phi) is 6.21. The summed E-state index contributed by atoms with van der Waals surface area (Å²) in [5.74, 6) is -0.988. The molecule has 2 N–H and O–H groups in total. The summed E-state index contributed by atoms with van der Waals surface area (Å²) in [6, 6.07) is 16.1. The van der Waals surface area contributed by atoms with Gasteiger partial charge in [0.05, 0.1) is 5.56 Å². The molecule has 0 aliphatic carbocycles. The zero-order valence-corrected chi connectivity index (χ0v) is 15.5. The fourth-order valence-electron chi connectivity index (χ4n) is 3.29. The molecule has 0 bridgehead atoms. The van der Waals surface area contributed by atoms with Gasteiger partial charge in [0, 0.05) is 32.7 Å². The van der Waals surface area contributed by atoms with E-state index in [1.807, 2.05) is 30.3 Å². The van der Waals surface area contributed by atoms with E-state index in [0.29, 0.717) is 6.54 Å². The molecular weight excluding hydrogens is 342 g/mol.